The molecule has 1 aromatic heterocycles. The van der Waals surface area contributed by atoms with E-state index in [-0.39, 0.29) is 5.41 Å². The largest absolute Gasteiger partial charge is 0.310 e. The molecular formula is C70H48N2. The highest BCUT2D eigenvalue weighted by molar-refractivity contribution is 6.16. The third-order valence-electron chi connectivity index (χ3n) is 16.4. The Morgan fingerprint density at radius 3 is 1.58 bits per heavy atom. The van der Waals surface area contributed by atoms with E-state index in [9.17, 15) is 0 Å². The fourth-order valence-electron chi connectivity index (χ4n) is 13.3. The molecule has 1 heterocycles. The number of hydrogen-bond acceptors (Lipinski definition) is 1. The molecule has 2 heteroatoms. The Hall–Kier alpha value is -8.98. The lowest BCUT2D eigenvalue weighted by Crippen LogP contribution is -2.25. The summed E-state index contributed by atoms with van der Waals surface area (Å²) in [5.74, 6) is 0. The fraction of sp³-hybridized carbons (Fsp3) is 0.0571. The summed E-state index contributed by atoms with van der Waals surface area (Å²) in [7, 11) is 0. The van der Waals surface area contributed by atoms with Crippen molar-refractivity contribution in [3.63, 3.8) is 0 Å². The molecular weight excluding hydrogens is 869 g/mol. The Kier molecular flexibility index (Phi) is 8.66. The first-order valence-electron chi connectivity index (χ1n) is 25.3. The minimum atomic E-state index is -0.427. The third-order valence-corrected chi connectivity index (χ3v) is 16.4. The molecule has 0 saturated heterocycles. The minimum Gasteiger partial charge on any atom is -0.310 e. The number of hydrogen-bond donors (Lipinski definition) is 0. The molecule has 0 saturated carbocycles. The van der Waals surface area contributed by atoms with Crippen LogP contribution in [0.1, 0.15) is 47.2 Å². The predicted molar refractivity (Wildman–Crippen MR) is 300 cm³/mol. The highest BCUT2D eigenvalue weighted by atomic mass is 15.1. The zero-order valence-electron chi connectivity index (χ0n) is 40.1. The smallest absolute Gasteiger partial charge is 0.0726 e. The van der Waals surface area contributed by atoms with Gasteiger partial charge in [0.15, 0.2) is 0 Å². The molecule has 72 heavy (non-hydrogen) atoms. The normalized spacial score (nSPS) is 13.9. The molecule has 2 nitrogen and oxygen atoms in total. The van der Waals surface area contributed by atoms with E-state index in [2.05, 4.69) is 278 Å². The van der Waals surface area contributed by atoms with E-state index in [0.717, 1.165) is 33.9 Å². The van der Waals surface area contributed by atoms with Crippen LogP contribution in [0.5, 0.6) is 0 Å². The predicted octanol–water partition coefficient (Wildman–Crippen LogP) is 18.2. The Balaban J connectivity index is 0.905. The number of rotatable bonds is 6. The maximum Gasteiger partial charge on any atom is 0.0726 e. The number of aromatic nitrogens is 1. The molecule has 0 N–H and O–H groups in total. The zero-order valence-corrected chi connectivity index (χ0v) is 40.1. The molecule has 338 valence electrons. The zero-order chi connectivity index (χ0) is 47.7. The number of benzene rings is 11. The molecule has 11 aromatic carbocycles. The maximum atomic E-state index is 2.55. The average Bonchev–Trinajstić information content (AvgIpc) is 4.12. The first-order valence-corrected chi connectivity index (χ1v) is 25.3. The van der Waals surface area contributed by atoms with Crippen LogP contribution < -0.4 is 4.90 Å². The van der Waals surface area contributed by atoms with Gasteiger partial charge in [-0.3, -0.25) is 0 Å². The third kappa shape index (κ3) is 5.61. The van der Waals surface area contributed by atoms with Gasteiger partial charge >= 0.3 is 0 Å². The SMILES string of the molecule is CC1(C)c2ccccc2-c2ccc(N(c3ccc(-c4ccccc4)cc3)c3cccc(-c4cccc(-n5c6ccccc6c6ccc7c(c65)-c5ccccc5C75c6ccccc6-c6ccccc65)c4)c3)cc21. The van der Waals surface area contributed by atoms with Crippen molar-refractivity contribution in [1.82, 2.24) is 4.57 Å². The molecule has 12 aromatic rings. The average molecular weight is 917 g/mol. The molecule has 1 spiro atoms. The number of nitrogens with zero attached hydrogens (tertiary/aromatic N) is 2. The van der Waals surface area contributed by atoms with Crippen molar-refractivity contribution < 1.29 is 0 Å². The van der Waals surface area contributed by atoms with E-state index >= 15 is 0 Å². The Labute approximate surface area is 420 Å². The summed E-state index contributed by atoms with van der Waals surface area (Å²) in [6.45, 7) is 4.73. The van der Waals surface area contributed by atoms with Gasteiger partial charge in [0.1, 0.15) is 0 Å². The van der Waals surface area contributed by atoms with Crippen LogP contribution in [0.25, 0.3) is 83.1 Å². The van der Waals surface area contributed by atoms with Gasteiger partial charge in [-0.2, -0.15) is 0 Å². The van der Waals surface area contributed by atoms with Crippen molar-refractivity contribution in [3.05, 3.63) is 288 Å². The monoisotopic (exact) mass is 916 g/mol. The molecule has 0 aliphatic heterocycles. The van der Waals surface area contributed by atoms with Gasteiger partial charge in [0.2, 0.25) is 0 Å². The number of anilines is 3. The van der Waals surface area contributed by atoms with Crippen molar-refractivity contribution in [2.24, 2.45) is 0 Å². The van der Waals surface area contributed by atoms with E-state index in [1.165, 1.54) is 99.7 Å². The quantitative estimate of drug-likeness (QED) is 0.161. The van der Waals surface area contributed by atoms with Gasteiger partial charge in [-0.1, -0.05) is 214 Å². The second-order valence-electron chi connectivity index (χ2n) is 20.4. The maximum absolute atomic E-state index is 2.55. The number of fused-ring (bicyclic) bond motifs is 17. The van der Waals surface area contributed by atoms with Gasteiger partial charge in [-0.15, -0.1) is 0 Å². The summed E-state index contributed by atoms with van der Waals surface area (Å²) >= 11 is 0. The van der Waals surface area contributed by atoms with Crippen LogP contribution in [0.15, 0.2) is 255 Å². The summed E-state index contributed by atoms with van der Waals surface area (Å²) in [6.07, 6.45) is 0. The summed E-state index contributed by atoms with van der Waals surface area (Å²) in [5.41, 5.74) is 27.1. The van der Waals surface area contributed by atoms with Crippen molar-refractivity contribution >= 4 is 38.9 Å². The second kappa shape index (κ2) is 15.3. The molecule has 0 atom stereocenters. The van der Waals surface area contributed by atoms with Crippen LogP contribution in [0.2, 0.25) is 0 Å². The molecule has 3 aliphatic rings. The van der Waals surface area contributed by atoms with E-state index in [1.54, 1.807) is 0 Å². The summed E-state index contributed by atoms with van der Waals surface area (Å²) in [6, 6.07) is 95.1. The summed E-state index contributed by atoms with van der Waals surface area (Å²) in [4.78, 5) is 2.43. The second-order valence-corrected chi connectivity index (χ2v) is 20.4. The molecule has 0 fully saturated rings. The molecule has 0 bridgehead atoms. The van der Waals surface area contributed by atoms with E-state index in [0.29, 0.717) is 0 Å². The van der Waals surface area contributed by atoms with Crippen molar-refractivity contribution in [2.75, 3.05) is 4.90 Å². The van der Waals surface area contributed by atoms with Gasteiger partial charge in [0, 0.05) is 44.5 Å². The van der Waals surface area contributed by atoms with Gasteiger partial charge in [-0.25, -0.2) is 0 Å². The Morgan fingerprint density at radius 2 is 0.847 bits per heavy atom. The van der Waals surface area contributed by atoms with Gasteiger partial charge < -0.3 is 9.47 Å². The highest BCUT2D eigenvalue weighted by Crippen LogP contribution is 2.64. The van der Waals surface area contributed by atoms with Crippen LogP contribution in [-0.4, -0.2) is 4.57 Å². The van der Waals surface area contributed by atoms with Gasteiger partial charge in [-0.05, 0) is 138 Å². The highest BCUT2D eigenvalue weighted by Gasteiger charge is 2.52. The Bertz CT molecular complexity index is 4140. The first-order chi connectivity index (χ1) is 35.5. The van der Waals surface area contributed by atoms with Crippen LogP contribution >= 0.6 is 0 Å². The van der Waals surface area contributed by atoms with Crippen LogP contribution in [0.3, 0.4) is 0 Å². The van der Waals surface area contributed by atoms with Crippen LogP contribution in [0, 0.1) is 0 Å². The Morgan fingerprint density at radius 1 is 0.319 bits per heavy atom. The minimum absolute atomic E-state index is 0.130. The van der Waals surface area contributed by atoms with Gasteiger partial charge in [0.05, 0.1) is 16.4 Å². The summed E-state index contributed by atoms with van der Waals surface area (Å²) < 4.78 is 2.55. The van der Waals surface area contributed by atoms with Crippen molar-refractivity contribution in [3.8, 4) is 61.3 Å². The standard InChI is InChI=1S/C70H48N2/c1-69(2)60-29-11-6-24-53(60)56-39-38-52(44-65(56)69)71(49-36-34-46(35-37-49)45-18-4-3-5-19-45)50-22-16-20-47(42-50)48-21-17-23-51(43-48)72-66-33-15-10-27-57(66)58-40-41-64-67(68(58)72)59-28-9-14-32-63(59)70(64)61-30-12-7-25-54(61)55-26-8-13-31-62(55)70/h3-44H,1-2H3. The summed E-state index contributed by atoms with van der Waals surface area (Å²) in [5, 5.41) is 2.51. The number of para-hydroxylation sites is 1. The van der Waals surface area contributed by atoms with Crippen molar-refractivity contribution in [1.29, 1.82) is 0 Å². The van der Waals surface area contributed by atoms with Crippen LogP contribution in [-0.2, 0) is 10.8 Å². The van der Waals surface area contributed by atoms with E-state index < -0.39 is 5.41 Å². The fourth-order valence-corrected chi connectivity index (χ4v) is 13.3. The van der Waals surface area contributed by atoms with E-state index in [1.807, 2.05) is 0 Å². The molecule has 3 aliphatic carbocycles. The lowest BCUT2D eigenvalue weighted by atomic mass is 9.70. The molecule has 0 unspecified atom stereocenters. The molecule has 0 radical (unpaired) electrons. The van der Waals surface area contributed by atoms with Gasteiger partial charge in [0.25, 0.3) is 0 Å². The first kappa shape index (κ1) is 40.9. The van der Waals surface area contributed by atoms with Crippen LogP contribution in [0.4, 0.5) is 17.1 Å². The van der Waals surface area contributed by atoms with E-state index in [4.69, 9.17) is 0 Å². The topological polar surface area (TPSA) is 8.17 Å². The lowest BCUT2D eigenvalue weighted by Gasteiger charge is -2.30. The molecule has 15 rings (SSSR count). The lowest BCUT2D eigenvalue weighted by molar-refractivity contribution is 0.660. The molecule has 0 amide bonds. The van der Waals surface area contributed by atoms with Crippen molar-refractivity contribution in [2.45, 2.75) is 24.7 Å².